The average molecular weight is 618 g/mol. The lowest BCUT2D eigenvalue weighted by Gasteiger charge is -2.59. The van der Waals surface area contributed by atoms with Gasteiger partial charge in [-0.05, 0) is 97.9 Å². The molecule has 2 aliphatic carbocycles. The fourth-order valence-electron chi connectivity index (χ4n) is 7.95. The van der Waals surface area contributed by atoms with E-state index in [-0.39, 0.29) is 40.0 Å². The maximum Gasteiger partial charge on any atom is 0.308 e. The van der Waals surface area contributed by atoms with Gasteiger partial charge in [0.15, 0.2) is 0 Å². The Labute approximate surface area is 261 Å². The first-order chi connectivity index (χ1) is 21.0. The minimum absolute atomic E-state index is 0.00470. The highest BCUT2D eigenvalue weighted by Crippen LogP contribution is 2.65. The van der Waals surface area contributed by atoms with Crippen molar-refractivity contribution in [3.05, 3.63) is 65.2 Å². The highest BCUT2D eigenvalue weighted by atomic mass is 32.2. The van der Waals surface area contributed by atoms with E-state index in [4.69, 9.17) is 9.47 Å². The van der Waals surface area contributed by atoms with Gasteiger partial charge in [0.2, 0.25) is 11.8 Å². The van der Waals surface area contributed by atoms with E-state index in [0.717, 1.165) is 60.8 Å². The van der Waals surface area contributed by atoms with Crippen molar-refractivity contribution in [2.75, 3.05) is 18.4 Å². The summed E-state index contributed by atoms with van der Waals surface area (Å²) in [6, 6.07) is 15.2. The number of carbonyl (C=O) groups is 1. The number of anilines is 1. The van der Waals surface area contributed by atoms with Crippen LogP contribution in [0, 0.1) is 42.9 Å². The number of fused-ring (bicyclic) bond motifs is 4. The molecular weight excluding hydrogens is 574 g/mol. The molecule has 2 heterocycles. The summed E-state index contributed by atoms with van der Waals surface area (Å²) in [5, 5.41) is 0. The number of aryl methyl sites for hydroxylation is 2. The van der Waals surface area contributed by atoms with Crippen molar-refractivity contribution in [1.29, 1.82) is 0 Å². The van der Waals surface area contributed by atoms with Crippen LogP contribution in [0.2, 0.25) is 0 Å². The average Bonchev–Trinajstić information content (AvgIpc) is 2.93. The van der Waals surface area contributed by atoms with E-state index in [1.807, 2.05) is 50.2 Å². The van der Waals surface area contributed by atoms with Gasteiger partial charge >= 0.3 is 5.97 Å². The SMILES string of the molecule is COC(=O)C1CC2(C1)CC(C1c3cccc(c3)S(=O)(=O)Nc3nc(cc(-c4c(C)cccc4C)n3)OC[C@H]1CCC(C)C)C2. The van der Waals surface area contributed by atoms with Crippen molar-refractivity contribution in [3.8, 4) is 17.1 Å². The van der Waals surface area contributed by atoms with Crippen molar-refractivity contribution in [1.82, 2.24) is 9.97 Å². The Hall–Kier alpha value is -3.46. The minimum Gasteiger partial charge on any atom is -0.477 e. The number of hydrogen-bond acceptors (Lipinski definition) is 7. The second-order valence-electron chi connectivity index (χ2n) is 13.7. The third-order valence-corrected chi connectivity index (χ3v) is 11.4. The number of sulfonamides is 1. The van der Waals surface area contributed by atoms with Crippen LogP contribution in [0.5, 0.6) is 5.88 Å². The fraction of sp³-hybridized carbons (Fsp3) is 0.514. The van der Waals surface area contributed by atoms with Gasteiger partial charge in [0.25, 0.3) is 10.0 Å². The third kappa shape index (κ3) is 5.95. The van der Waals surface area contributed by atoms with E-state index in [9.17, 15) is 13.2 Å². The van der Waals surface area contributed by atoms with E-state index < -0.39 is 10.0 Å². The molecule has 9 heteroatoms. The highest BCUT2D eigenvalue weighted by molar-refractivity contribution is 7.92. The van der Waals surface area contributed by atoms with E-state index in [1.165, 1.54) is 7.11 Å². The molecule has 3 aliphatic rings. The molecule has 2 aromatic carbocycles. The first-order valence-corrected chi connectivity index (χ1v) is 17.2. The largest absolute Gasteiger partial charge is 0.477 e. The number of rotatable bonds is 6. The predicted molar refractivity (Wildman–Crippen MR) is 170 cm³/mol. The maximum atomic E-state index is 13.7. The monoisotopic (exact) mass is 617 g/mol. The van der Waals surface area contributed by atoms with E-state index in [0.29, 0.717) is 30.0 Å². The van der Waals surface area contributed by atoms with Gasteiger partial charge < -0.3 is 9.47 Å². The number of aromatic nitrogens is 2. The number of hydrogen-bond donors (Lipinski definition) is 1. The van der Waals surface area contributed by atoms with E-state index in [2.05, 4.69) is 34.6 Å². The van der Waals surface area contributed by atoms with Gasteiger partial charge in [-0.15, -0.1) is 0 Å². The summed E-state index contributed by atoms with van der Waals surface area (Å²) >= 11 is 0. The lowest BCUT2D eigenvalue weighted by molar-refractivity contribution is -0.163. The van der Waals surface area contributed by atoms with Gasteiger partial charge in [0.1, 0.15) is 0 Å². The Bertz CT molecular complexity index is 1640. The minimum atomic E-state index is -3.97. The first kappa shape index (κ1) is 30.6. The second-order valence-corrected chi connectivity index (χ2v) is 15.4. The molecule has 0 radical (unpaired) electrons. The molecule has 0 amide bonds. The molecule has 1 N–H and O–H groups in total. The zero-order chi connectivity index (χ0) is 31.2. The van der Waals surface area contributed by atoms with Gasteiger partial charge in [-0.25, -0.2) is 18.1 Å². The molecule has 8 nitrogen and oxygen atoms in total. The summed E-state index contributed by atoms with van der Waals surface area (Å²) in [7, 11) is -2.50. The Morgan fingerprint density at radius 2 is 1.75 bits per heavy atom. The van der Waals surface area contributed by atoms with Crippen LogP contribution < -0.4 is 9.46 Å². The number of methoxy groups -OCH3 is 1. The molecule has 1 spiro atoms. The zero-order valence-corrected chi connectivity index (χ0v) is 27.1. The third-order valence-electron chi connectivity index (χ3n) is 10.1. The van der Waals surface area contributed by atoms with Crippen LogP contribution in [-0.4, -0.2) is 38.1 Å². The number of esters is 1. The van der Waals surface area contributed by atoms with E-state index in [1.54, 1.807) is 6.07 Å². The number of nitrogens with one attached hydrogen (secondary N) is 1. The van der Waals surface area contributed by atoms with Crippen LogP contribution in [0.25, 0.3) is 11.3 Å². The first-order valence-electron chi connectivity index (χ1n) is 15.8. The lowest BCUT2D eigenvalue weighted by atomic mass is 9.45. The molecule has 2 saturated carbocycles. The summed E-state index contributed by atoms with van der Waals surface area (Å²) in [4.78, 5) is 21.5. The van der Waals surface area contributed by atoms with Crippen LogP contribution >= 0.6 is 0 Å². The molecule has 234 valence electrons. The van der Waals surface area contributed by atoms with Crippen molar-refractivity contribution in [3.63, 3.8) is 0 Å². The van der Waals surface area contributed by atoms with Crippen LogP contribution in [-0.2, 0) is 19.6 Å². The topological polar surface area (TPSA) is 107 Å². The normalized spacial score (nSPS) is 27.1. The van der Waals surface area contributed by atoms with Crippen LogP contribution in [0.4, 0.5) is 5.95 Å². The number of nitrogens with zero attached hydrogens (tertiary/aromatic N) is 2. The smallest absolute Gasteiger partial charge is 0.308 e. The van der Waals surface area contributed by atoms with Crippen molar-refractivity contribution in [2.45, 2.75) is 77.0 Å². The standard InChI is InChI=1S/C35H43N3O5S/c1-21(2)12-13-25-20-43-30-15-29(31-22(3)8-6-9-23(31)4)36-34(37-30)38-44(40,41)28-11-7-10-24(14-28)32(25)26-16-35(17-26)18-27(19-35)33(39)42-5/h6-11,14-15,21,25-27,32H,12-13,16-20H2,1-5H3,(H,36,37,38)/t25-,26?,27?,32?,35?/m1/s1. The molecule has 1 aromatic heterocycles. The molecule has 3 aromatic rings. The quantitative estimate of drug-likeness (QED) is 0.295. The Kier molecular flexibility index (Phi) is 8.20. The van der Waals surface area contributed by atoms with Gasteiger partial charge in [0.05, 0.1) is 30.2 Å². The summed E-state index contributed by atoms with van der Waals surface area (Å²) < 4.78 is 41.6. The summed E-state index contributed by atoms with van der Waals surface area (Å²) in [5.74, 6) is 1.40. The summed E-state index contributed by atoms with van der Waals surface area (Å²) in [5.41, 5.74) is 4.84. The van der Waals surface area contributed by atoms with Crippen molar-refractivity contribution < 1.29 is 22.7 Å². The summed E-state index contributed by atoms with van der Waals surface area (Å²) in [6.45, 7) is 8.97. The number of benzene rings is 2. The van der Waals surface area contributed by atoms with Crippen LogP contribution in [0.15, 0.2) is 53.4 Å². The fourth-order valence-corrected chi connectivity index (χ4v) is 8.95. The van der Waals surface area contributed by atoms with Gasteiger partial charge in [0, 0.05) is 17.5 Å². The Morgan fingerprint density at radius 1 is 1.05 bits per heavy atom. The lowest BCUT2D eigenvalue weighted by Crippen LogP contribution is -2.52. The molecule has 2 atom stereocenters. The maximum absolute atomic E-state index is 13.7. The molecule has 6 rings (SSSR count). The van der Waals surface area contributed by atoms with Crippen LogP contribution in [0.3, 0.4) is 0 Å². The molecule has 1 unspecified atom stereocenters. The summed E-state index contributed by atoms with van der Waals surface area (Å²) in [6.07, 6.45) is 5.78. The Balaban J connectivity index is 1.39. The molecule has 4 bridgehead atoms. The number of carbonyl (C=O) groups excluding carboxylic acids is 1. The molecule has 0 saturated heterocycles. The molecule has 44 heavy (non-hydrogen) atoms. The highest BCUT2D eigenvalue weighted by Gasteiger charge is 2.57. The molecule has 1 aliphatic heterocycles. The van der Waals surface area contributed by atoms with Crippen LogP contribution in [0.1, 0.15) is 75.0 Å². The number of ether oxygens (including phenoxy) is 2. The van der Waals surface area contributed by atoms with Gasteiger partial charge in [-0.3, -0.25) is 4.79 Å². The van der Waals surface area contributed by atoms with Crippen molar-refractivity contribution >= 4 is 21.9 Å². The molecular formula is C35H43N3O5S. The van der Waals surface area contributed by atoms with Gasteiger partial charge in [-0.2, -0.15) is 4.98 Å². The van der Waals surface area contributed by atoms with E-state index >= 15 is 0 Å². The Morgan fingerprint density at radius 3 is 2.43 bits per heavy atom. The van der Waals surface area contributed by atoms with Crippen molar-refractivity contribution in [2.24, 2.45) is 29.1 Å². The predicted octanol–water partition coefficient (Wildman–Crippen LogP) is 7.07. The van der Waals surface area contributed by atoms with Gasteiger partial charge in [-0.1, -0.05) is 50.6 Å². The zero-order valence-electron chi connectivity index (χ0n) is 26.3. The second kappa shape index (κ2) is 11.8. The molecule has 2 fully saturated rings.